The Kier molecular flexibility index (Phi) is 7.17. The van der Waals surface area contributed by atoms with Crippen LogP contribution in [0.3, 0.4) is 0 Å². The van der Waals surface area contributed by atoms with Gasteiger partial charge in [0.2, 0.25) is 0 Å². The van der Waals surface area contributed by atoms with Gasteiger partial charge in [-0.15, -0.1) is 0 Å². The molecule has 1 saturated carbocycles. The van der Waals surface area contributed by atoms with E-state index in [1.807, 2.05) is 11.8 Å². The second-order valence-electron chi connectivity index (χ2n) is 6.16. The summed E-state index contributed by atoms with van der Waals surface area (Å²) in [6, 6.07) is 1.25. The summed E-state index contributed by atoms with van der Waals surface area (Å²) in [6.45, 7) is 8.67. The van der Waals surface area contributed by atoms with Crippen LogP contribution in [0.5, 0.6) is 0 Å². The van der Waals surface area contributed by atoms with Crippen LogP contribution in [0.4, 0.5) is 0 Å². The first-order valence-electron chi connectivity index (χ1n) is 8.58. The van der Waals surface area contributed by atoms with Crippen LogP contribution >= 0.6 is 11.8 Å². The van der Waals surface area contributed by atoms with Crippen molar-refractivity contribution in [1.82, 2.24) is 15.5 Å². The van der Waals surface area contributed by atoms with Gasteiger partial charge in [0.15, 0.2) is 5.96 Å². The molecule has 1 heterocycles. The maximum Gasteiger partial charge on any atom is 0.191 e. The third-order valence-electron chi connectivity index (χ3n) is 4.77. The van der Waals surface area contributed by atoms with Crippen LogP contribution in [0, 0.1) is 0 Å². The van der Waals surface area contributed by atoms with E-state index in [1.54, 1.807) is 0 Å². The third kappa shape index (κ3) is 5.06. The van der Waals surface area contributed by atoms with Gasteiger partial charge in [0.05, 0.1) is 6.54 Å². The van der Waals surface area contributed by atoms with Gasteiger partial charge in [-0.1, -0.05) is 6.92 Å². The Balaban J connectivity index is 1.84. The fourth-order valence-electron chi connectivity index (χ4n) is 3.51. The number of rotatable bonds is 6. The van der Waals surface area contributed by atoms with Gasteiger partial charge in [-0.25, -0.2) is 0 Å². The van der Waals surface area contributed by atoms with E-state index in [1.165, 1.54) is 38.6 Å². The van der Waals surface area contributed by atoms with Gasteiger partial charge in [0.25, 0.3) is 0 Å². The highest BCUT2D eigenvalue weighted by molar-refractivity contribution is 7.99. The van der Waals surface area contributed by atoms with Crippen molar-refractivity contribution in [3.63, 3.8) is 0 Å². The number of hydrogen-bond donors (Lipinski definition) is 2. The van der Waals surface area contributed by atoms with E-state index < -0.39 is 0 Å². The molecule has 0 aromatic carbocycles. The Morgan fingerprint density at radius 3 is 2.81 bits per heavy atom. The lowest BCUT2D eigenvalue weighted by Crippen LogP contribution is -2.43. The monoisotopic (exact) mass is 312 g/mol. The molecule has 2 fully saturated rings. The lowest BCUT2D eigenvalue weighted by atomic mass is 10.2. The van der Waals surface area contributed by atoms with Crippen molar-refractivity contribution in [2.24, 2.45) is 4.99 Å². The molecule has 3 atom stereocenters. The zero-order valence-corrected chi connectivity index (χ0v) is 14.7. The maximum atomic E-state index is 4.85. The van der Waals surface area contributed by atoms with Gasteiger partial charge in [-0.2, -0.15) is 11.8 Å². The smallest absolute Gasteiger partial charge is 0.191 e. The van der Waals surface area contributed by atoms with Crippen LogP contribution in [0.15, 0.2) is 4.99 Å². The largest absolute Gasteiger partial charge is 0.357 e. The van der Waals surface area contributed by atoms with Crippen LogP contribution in [0.2, 0.25) is 0 Å². The van der Waals surface area contributed by atoms with Crippen molar-refractivity contribution < 1.29 is 0 Å². The predicted molar refractivity (Wildman–Crippen MR) is 94.3 cm³/mol. The van der Waals surface area contributed by atoms with Crippen LogP contribution in [0.25, 0.3) is 0 Å². The molecule has 0 aromatic heterocycles. The summed E-state index contributed by atoms with van der Waals surface area (Å²) in [5.74, 6) is 1.02. The fraction of sp³-hybridized carbons (Fsp3) is 0.938. The number of thioether (sulfide) groups is 1. The Morgan fingerprint density at radius 2 is 2.14 bits per heavy atom. The zero-order valence-electron chi connectivity index (χ0n) is 13.9. The van der Waals surface area contributed by atoms with Gasteiger partial charge in [-0.05, 0) is 58.4 Å². The summed E-state index contributed by atoms with van der Waals surface area (Å²) in [7, 11) is 0. The molecule has 0 radical (unpaired) electrons. The zero-order chi connectivity index (χ0) is 15.1. The van der Waals surface area contributed by atoms with Gasteiger partial charge >= 0.3 is 0 Å². The predicted octanol–water partition coefficient (Wildman–Crippen LogP) is 2.31. The average Bonchev–Trinajstić information content (AvgIpc) is 3.13. The molecule has 0 amide bonds. The van der Waals surface area contributed by atoms with Crippen LogP contribution in [0.1, 0.15) is 46.0 Å². The van der Waals surface area contributed by atoms with Crippen LogP contribution in [-0.2, 0) is 0 Å². The molecule has 5 heteroatoms. The normalized spacial score (nSPS) is 30.8. The quantitative estimate of drug-likeness (QED) is 0.583. The molecule has 0 aromatic rings. The molecule has 3 unspecified atom stereocenters. The second kappa shape index (κ2) is 8.89. The molecule has 2 aliphatic rings. The topological polar surface area (TPSA) is 39.7 Å². The summed E-state index contributed by atoms with van der Waals surface area (Å²) in [5.41, 5.74) is 0. The minimum Gasteiger partial charge on any atom is -0.357 e. The summed E-state index contributed by atoms with van der Waals surface area (Å²) in [5, 5.41) is 7.89. The van der Waals surface area contributed by atoms with Crippen LogP contribution < -0.4 is 10.6 Å². The van der Waals surface area contributed by atoms with E-state index in [-0.39, 0.29) is 0 Å². The molecule has 2 rings (SSSR count). The number of nitrogens with one attached hydrogen (secondary N) is 2. The number of likely N-dealkylation sites (N-methyl/N-ethyl adjacent to an activating group) is 1. The van der Waals surface area contributed by atoms with Gasteiger partial charge in [-0.3, -0.25) is 9.89 Å². The van der Waals surface area contributed by atoms with Crippen molar-refractivity contribution in [3.8, 4) is 0 Å². The third-order valence-corrected chi connectivity index (χ3v) is 5.86. The number of likely N-dealkylation sites (tertiary alicyclic amines) is 1. The van der Waals surface area contributed by atoms with E-state index in [0.717, 1.165) is 30.8 Å². The average molecular weight is 313 g/mol. The SMILES string of the molecule is CCNC(=NCC1CCCN1CC)NC1CCC(SC)C1. The standard InChI is InChI=1S/C16H32N4S/c1-4-17-16(19-13-8-9-15(11-13)21-3)18-12-14-7-6-10-20(14)5-2/h13-15H,4-12H2,1-3H3,(H2,17,18,19). The van der Waals surface area contributed by atoms with E-state index in [9.17, 15) is 0 Å². The van der Waals surface area contributed by atoms with Gasteiger partial charge in [0.1, 0.15) is 0 Å². The number of guanidine groups is 1. The van der Waals surface area contributed by atoms with Crippen molar-refractivity contribution in [3.05, 3.63) is 0 Å². The van der Waals surface area contributed by atoms with Crippen molar-refractivity contribution in [1.29, 1.82) is 0 Å². The molecule has 1 aliphatic heterocycles. The van der Waals surface area contributed by atoms with Gasteiger partial charge in [0, 0.05) is 23.9 Å². The van der Waals surface area contributed by atoms with E-state index in [2.05, 4.69) is 35.6 Å². The van der Waals surface area contributed by atoms with Gasteiger partial charge < -0.3 is 10.6 Å². The highest BCUT2D eigenvalue weighted by atomic mass is 32.2. The molecular weight excluding hydrogens is 280 g/mol. The molecule has 2 N–H and O–H groups in total. The molecule has 4 nitrogen and oxygen atoms in total. The maximum absolute atomic E-state index is 4.85. The fourth-order valence-corrected chi connectivity index (χ4v) is 4.31. The molecule has 1 saturated heterocycles. The van der Waals surface area contributed by atoms with E-state index in [0.29, 0.717) is 12.1 Å². The number of aliphatic imine (C=N–C) groups is 1. The number of hydrogen-bond acceptors (Lipinski definition) is 3. The first kappa shape index (κ1) is 16.9. The number of nitrogens with zero attached hydrogens (tertiary/aromatic N) is 2. The summed E-state index contributed by atoms with van der Waals surface area (Å²) >= 11 is 2.01. The molecule has 0 bridgehead atoms. The first-order valence-corrected chi connectivity index (χ1v) is 9.87. The van der Waals surface area contributed by atoms with E-state index >= 15 is 0 Å². The summed E-state index contributed by atoms with van der Waals surface area (Å²) in [6.07, 6.45) is 8.75. The highest BCUT2D eigenvalue weighted by Gasteiger charge is 2.25. The summed E-state index contributed by atoms with van der Waals surface area (Å²) < 4.78 is 0. The lowest BCUT2D eigenvalue weighted by Gasteiger charge is -2.22. The second-order valence-corrected chi connectivity index (χ2v) is 7.29. The highest BCUT2D eigenvalue weighted by Crippen LogP contribution is 2.28. The molecule has 122 valence electrons. The molecule has 1 aliphatic carbocycles. The Labute approximate surface area is 134 Å². The molecular formula is C16H32N4S. The van der Waals surface area contributed by atoms with Crippen molar-refractivity contribution in [2.45, 2.75) is 63.3 Å². The lowest BCUT2D eigenvalue weighted by molar-refractivity contribution is 0.273. The van der Waals surface area contributed by atoms with Crippen LogP contribution in [-0.4, -0.2) is 60.6 Å². The Hall–Kier alpha value is -0.420. The minimum atomic E-state index is 0.603. The van der Waals surface area contributed by atoms with E-state index in [4.69, 9.17) is 4.99 Å². The molecule has 21 heavy (non-hydrogen) atoms. The molecule has 0 spiro atoms. The minimum absolute atomic E-state index is 0.603. The Bertz CT molecular complexity index is 334. The summed E-state index contributed by atoms with van der Waals surface area (Å²) in [4.78, 5) is 7.42. The van der Waals surface area contributed by atoms with Crippen molar-refractivity contribution >= 4 is 17.7 Å². The van der Waals surface area contributed by atoms with Crippen molar-refractivity contribution in [2.75, 3.05) is 32.4 Å². The Morgan fingerprint density at radius 1 is 1.29 bits per heavy atom. The first-order chi connectivity index (χ1) is 10.3.